The zero-order chi connectivity index (χ0) is 29.6. The third kappa shape index (κ3) is 5.40. The molecule has 0 saturated heterocycles. The van der Waals surface area contributed by atoms with Gasteiger partial charge in [0.25, 0.3) is 0 Å². The highest BCUT2D eigenvalue weighted by Gasteiger charge is 2.41. The molecule has 0 atom stereocenters. The van der Waals surface area contributed by atoms with Gasteiger partial charge in [0.2, 0.25) is 0 Å². The van der Waals surface area contributed by atoms with Crippen molar-refractivity contribution in [2.24, 2.45) is 0 Å². The van der Waals surface area contributed by atoms with Crippen molar-refractivity contribution < 1.29 is 0 Å². The van der Waals surface area contributed by atoms with Crippen LogP contribution in [0.3, 0.4) is 0 Å². The topological polar surface area (TPSA) is 12.0 Å². The number of anilines is 2. The molecule has 0 aromatic heterocycles. The maximum absolute atomic E-state index is 3.63. The van der Waals surface area contributed by atoms with Gasteiger partial charge in [-0.2, -0.15) is 0 Å². The van der Waals surface area contributed by atoms with Crippen molar-refractivity contribution in [1.29, 1.82) is 0 Å². The van der Waals surface area contributed by atoms with Crippen molar-refractivity contribution in [3.63, 3.8) is 0 Å². The van der Waals surface area contributed by atoms with Crippen molar-refractivity contribution in [1.82, 2.24) is 0 Å². The summed E-state index contributed by atoms with van der Waals surface area (Å²) in [6, 6.07) is 70.2. The molecule has 210 valence electrons. The summed E-state index contributed by atoms with van der Waals surface area (Å²) in [7, 11) is -2.51. The fourth-order valence-corrected chi connectivity index (χ4v) is 11.0. The van der Waals surface area contributed by atoms with Crippen LogP contribution in [0, 0.1) is 0 Å². The molecular weight excluding hydrogens is 547 g/mol. The Bertz CT molecular complexity index is 1820. The molecule has 0 aliphatic carbocycles. The standard InChI is InChI=1S/C42H33NSi/c1-5-13-33(14-6-1)34-21-23-35(24-22-34)36-25-27-37(28-26-36)43-38-29-31-42(32-30-38)44(39-15-7-2-8-16-39,40-17-9-3-10-18-40)41-19-11-4-12-20-41/h1-32,43H. The first kappa shape index (κ1) is 27.4. The monoisotopic (exact) mass is 579 g/mol. The van der Waals surface area contributed by atoms with Gasteiger partial charge in [0.05, 0.1) is 0 Å². The first-order valence-corrected chi connectivity index (χ1v) is 17.1. The van der Waals surface area contributed by atoms with Crippen LogP contribution in [0.2, 0.25) is 0 Å². The molecule has 7 aromatic carbocycles. The van der Waals surface area contributed by atoms with E-state index in [1.165, 1.54) is 43.0 Å². The summed E-state index contributed by atoms with van der Waals surface area (Å²) in [5, 5.41) is 9.13. The molecule has 0 aliphatic rings. The molecule has 1 nitrogen and oxygen atoms in total. The Morgan fingerprint density at radius 3 is 0.909 bits per heavy atom. The fraction of sp³-hybridized carbons (Fsp3) is 0. The molecule has 0 fully saturated rings. The van der Waals surface area contributed by atoms with Crippen molar-refractivity contribution in [2.75, 3.05) is 5.32 Å². The highest BCUT2D eigenvalue weighted by Crippen LogP contribution is 2.27. The lowest BCUT2D eigenvalue weighted by atomic mass is 10.0. The molecule has 44 heavy (non-hydrogen) atoms. The average molecular weight is 580 g/mol. The molecule has 0 aliphatic heterocycles. The highest BCUT2D eigenvalue weighted by molar-refractivity contribution is 7.19. The van der Waals surface area contributed by atoms with Gasteiger partial charge < -0.3 is 5.32 Å². The van der Waals surface area contributed by atoms with E-state index in [0.717, 1.165) is 11.4 Å². The van der Waals surface area contributed by atoms with Crippen LogP contribution in [-0.2, 0) is 0 Å². The normalized spacial score (nSPS) is 11.2. The van der Waals surface area contributed by atoms with Gasteiger partial charge in [-0.05, 0) is 67.3 Å². The smallest absolute Gasteiger partial charge is 0.179 e. The molecule has 2 heteroatoms. The number of hydrogen-bond donors (Lipinski definition) is 1. The molecular formula is C42H33NSi. The van der Waals surface area contributed by atoms with E-state index in [1.807, 2.05) is 0 Å². The summed E-state index contributed by atoms with van der Waals surface area (Å²) >= 11 is 0. The largest absolute Gasteiger partial charge is 0.356 e. The van der Waals surface area contributed by atoms with Crippen LogP contribution in [0.25, 0.3) is 22.3 Å². The number of nitrogens with one attached hydrogen (secondary N) is 1. The Kier molecular flexibility index (Phi) is 7.74. The predicted octanol–water partition coefficient (Wildman–Crippen LogP) is 8.14. The van der Waals surface area contributed by atoms with Crippen LogP contribution in [0.1, 0.15) is 0 Å². The van der Waals surface area contributed by atoms with Gasteiger partial charge in [-0.25, -0.2) is 0 Å². The Morgan fingerprint density at radius 1 is 0.250 bits per heavy atom. The molecule has 0 heterocycles. The van der Waals surface area contributed by atoms with Crippen LogP contribution in [0.5, 0.6) is 0 Å². The highest BCUT2D eigenvalue weighted by atomic mass is 28.3. The summed E-state index contributed by atoms with van der Waals surface area (Å²) in [6.07, 6.45) is 0. The summed E-state index contributed by atoms with van der Waals surface area (Å²) in [4.78, 5) is 0. The number of hydrogen-bond acceptors (Lipinski definition) is 1. The van der Waals surface area contributed by atoms with E-state index in [4.69, 9.17) is 0 Å². The van der Waals surface area contributed by atoms with Gasteiger partial charge in [0.1, 0.15) is 0 Å². The minimum absolute atomic E-state index is 1.07. The second-order valence-electron chi connectivity index (χ2n) is 11.1. The summed E-state index contributed by atoms with van der Waals surface area (Å²) in [6.45, 7) is 0. The average Bonchev–Trinajstić information content (AvgIpc) is 3.12. The van der Waals surface area contributed by atoms with Gasteiger partial charge in [-0.3, -0.25) is 0 Å². The number of benzene rings is 7. The lowest BCUT2D eigenvalue weighted by Crippen LogP contribution is -2.74. The maximum atomic E-state index is 3.63. The lowest BCUT2D eigenvalue weighted by molar-refractivity contribution is 1.54. The summed E-state index contributed by atoms with van der Waals surface area (Å²) in [5.74, 6) is 0. The van der Waals surface area contributed by atoms with E-state index in [9.17, 15) is 0 Å². The second kappa shape index (κ2) is 12.4. The van der Waals surface area contributed by atoms with E-state index in [-0.39, 0.29) is 0 Å². The number of rotatable bonds is 8. The molecule has 0 radical (unpaired) electrons. The quantitative estimate of drug-likeness (QED) is 0.142. The summed E-state index contributed by atoms with van der Waals surface area (Å²) < 4.78 is 0. The minimum atomic E-state index is -2.51. The molecule has 0 amide bonds. The van der Waals surface area contributed by atoms with Crippen LogP contribution in [0.15, 0.2) is 194 Å². The van der Waals surface area contributed by atoms with Crippen LogP contribution >= 0.6 is 0 Å². The SMILES string of the molecule is c1ccc(-c2ccc(-c3ccc(Nc4ccc([Si](c5ccccc5)(c5ccccc5)c5ccccc5)cc4)cc3)cc2)cc1. The molecule has 1 N–H and O–H groups in total. The lowest BCUT2D eigenvalue weighted by Gasteiger charge is -2.34. The van der Waals surface area contributed by atoms with Crippen molar-refractivity contribution in [3.05, 3.63) is 194 Å². The molecule has 0 unspecified atom stereocenters. The molecule has 0 bridgehead atoms. The van der Waals surface area contributed by atoms with E-state index in [1.54, 1.807) is 0 Å². The molecule has 0 spiro atoms. The van der Waals surface area contributed by atoms with Gasteiger partial charge >= 0.3 is 0 Å². The van der Waals surface area contributed by atoms with Crippen molar-refractivity contribution >= 4 is 40.2 Å². The van der Waals surface area contributed by atoms with Gasteiger partial charge in [-0.1, -0.05) is 170 Å². The first-order valence-electron chi connectivity index (χ1n) is 15.1. The zero-order valence-corrected chi connectivity index (χ0v) is 25.5. The zero-order valence-electron chi connectivity index (χ0n) is 24.5. The van der Waals surface area contributed by atoms with E-state index in [2.05, 4.69) is 199 Å². The third-order valence-corrected chi connectivity index (χ3v) is 13.2. The fourth-order valence-electron chi connectivity index (χ4n) is 6.27. The van der Waals surface area contributed by atoms with E-state index >= 15 is 0 Å². The first-order chi connectivity index (χ1) is 21.8. The minimum Gasteiger partial charge on any atom is -0.356 e. The molecule has 7 rings (SSSR count). The third-order valence-electron chi connectivity index (χ3n) is 8.44. The maximum Gasteiger partial charge on any atom is 0.179 e. The molecule has 0 saturated carbocycles. The second-order valence-corrected chi connectivity index (χ2v) is 14.9. The van der Waals surface area contributed by atoms with Gasteiger partial charge in [0, 0.05) is 11.4 Å². The Hall–Kier alpha value is -5.44. The van der Waals surface area contributed by atoms with Crippen LogP contribution in [0.4, 0.5) is 11.4 Å². The summed E-state index contributed by atoms with van der Waals surface area (Å²) in [5.41, 5.74) is 7.03. The Labute approximate surface area is 261 Å². The van der Waals surface area contributed by atoms with Crippen LogP contribution < -0.4 is 26.1 Å². The van der Waals surface area contributed by atoms with Crippen molar-refractivity contribution in [2.45, 2.75) is 0 Å². The van der Waals surface area contributed by atoms with Crippen LogP contribution in [-0.4, -0.2) is 8.07 Å². The Balaban J connectivity index is 1.17. The van der Waals surface area contributed by atoms with Gasteiger partial charge in [0.15, 0.2) is 8.07 Å². The molecule has 7 aromatic rings. The van der Waals surface area contributed by atoms with Gasteiger partial charge in [-0.15, -0.1) is 0 Å². The van der Waals surface area contributed by atoms with E-state index in [0.29, 0.717) is 0 Å². The van der Waals surface area contributed by atoms with E-state index < -0.39 is 8.07 Å². The Morgan fingerprint density at radius 2 is 0.523 bits per heavy atom. The van der Waals surface area contributed by atoms with Crippen molar-refractivity contribution in [3.8, 4) is 22.3 Å². The predicted molar refractivity (Wildman–Crippen MR) is 191 cm³/mol.